The molecule has 0 aliphatic heterocycles. The monoisotopic (exact) mass is 744 g/mol. The van der Waals surface area contributed by atoms with E-state index in [0.717, 1.165) is 50.8 Å². The second-order valence-electron chi connectivity index (χ2n) is 16.0. The Balaban J connectivity index is 1.10. The molecule has 11 rings (SSSR count). The van der Waals surface area contributed by atoms with Gasteiger partial charge < -0.3 is 4.57 Å². The second-order valence-corrected chi connectivity index (χ2v) is 16.0. The summed E-state index contributed by atoms with van der Waals surface area (Å²) in [5.74, 6) is 2.38. The van der Waals surface area contributed by atoms with Crippen LogP contribution in [-0.4, -0.2) is 19.5 Å². The van der Waals surface area contributed by atoms with Crippen molar-refractivity contribution < 1.29 is 0 Å². The molecule has 7 aromatic carbocycles. The Labute approximate surface area is 338 Å². The van der Waals surface area contributed by atoms with E-state index in [2.05, 4.69) is 182 Å². The van der Waals surface area contributed by atoms with Crippen molar-refractivity contribution in [3.63, 3.8) is 0 Å². The van der Waals surface area contributed by atoms with E-state index >= 15 is 0 Å². The van der Waals surface area contributed by atoms with E-state index in [-0.39, 0.29) is 5.41 Å². The van der Waals surface area contributed by atoms with Gasteiger partial charge in [-0.25, -0.2) is 15.0 Å². The van der Waals surface area contributed by atoms with Crippen molar-refractivity contribution in [1.29, 1.82) is 0 Å². The van der Waals surface area contributed by atoms with Crippen molar-refractivity contribution in [3.05, 3.63) is 205 Å². The molecule has 0 N–H and O–H groups in total. The van der Waals surface area contributed by atoms with Crippen LogP contribution in [0.25, 0.3) is 83.9 Å². The van der Waals surface area contributed by atoms with Crippen molar-refractivity contribution in [3.8, 4) is 62.1 Å². The van der Waals surface area contributed by atoms with Gasteiger partial charge in [-0.2, -0.15) is 0 Å². The molecule has 276 valence electrons. The number of aromatic nitrogens is 4. The number of hydrogen-bond donors (Lipinski definition) is 0. The molecule has 0 saturated heterocycles. The Morgan fingerprint density at radius 2 is 1.10 bits per heavy atom. The van der Waals surface area contributed by atoms with Gasteiger partial charge >= 0.3 is 0 Å². The number of nitrogens with zero attached hydrogens (tertiary/aromatic N) is 4. The van der Waals surface area contributed by atoms with Gasteiger partial charge in [-0.05, 0) is 76.2 Å². The van der Waals surface area contributed by atoms with E-state index in [0.29, 0.717) is 23.4 Å². The van der Waals surface area contributed by atoms with Crippen molar-refractivity contribution in [2.24, 2.45) is 0 Å². The van der Waals surface area contributed by atoms with Crippen molar-refractivity contribution in [2.75, 3.05) is 0 Å². The standard InChI is InChI=1S/C54H40N4/c1-54(2)47-24-13-12-21-42(47)43-31-29-40(34-48(43)54)39-30-32-49-46(33-39)44-22-14-23-45(50(44)58(49)41-19-10-5-11-20-41)53-56-51(37-17-8-4-9-18-37)55-52(57-53)38-27-25-36(26-28-38)35-15-6-3-7-16-35/h3-20,22-34,42H,21H2,1-2H3. The fourth-order valence-electron chi connectivity index (χ4n) is 9.36. The van der Waals surface area contributed by atoms with E-state index < -0.39 is 0 Å². The Morgan fingerprint density at radius 1 is 0.517 bits per heavy atom. The van der Waals surface area contributed by atoms with Crippen LogP contribution >= 0.6 is 0 Å². The molecular formula is C54H40N4. The van der Waals surface area contributed by atoms with Gasteiger partial charge in [0.15, 0.2) is 17.5 Å². The Morgan fingerprint density at radius 3 is 1.84 bits per heavy atom. The van der Waals surface area contributed by atoms with Crippen molar-refractivity contribution in [1.82, 2.24) is 19.5 Å². The normalized spacial score (nSPS) is 15.3. The first-order chi connectivity index (χ1) is 28.5. The summed E-state index contributed by atoms with van der Waals surface area (Å²) in [4.78, 5) is 15.5. The summed E-state index contributed by atoms with van der Waals surface area (Å²) >= 11 is 0. The van der Waals surface area contributed by atoms with Crippen LogP contribution in [0.1, 0.15) is 37.3 Å². The van der Waals surface area contributed by atoms with Gasteiger partial charge in [-0.1, -0.05) is 171 Å². The first-order valence-electron chi connectivity index (χ1n) is 20.1. The summed E-state index contributed by atoms with van der Waals surface area (Å²) in [6.45, 7) is 4.77. The minimum absolute atomic E-state index is 0.00492. The molecule has 0 fully saturated rings. The minimum Gasteiger partial charge on any atom is -0.308 e. The maximum absolute atomic E-state index is 5.25. The molecule has 1 atom stereocenters. The first kappa shape index (κ1) is 34.1. The first-order valence-corrected chi connectivity index (χ1v) is 20.1. The topological polar surface area (TPSA) is 43.6 Å². The highest BCUT2D eigenvalue weighted by molar-refractivity contribution is 6.14. The average Bonchev–Trinajstić information content (AvgIpc) is 3.75. The maximum Gasteiger partial charge on any atom is 0.166 e. The van der Waals surface area contributed by atoms with Crippen LogP contribution in [0.2, 0.25) is 0 Å². The molecule has 4 nitrogen and oxygen atoms in total. The lowest BCUT2D eigenvalue weighted by Gasteiger charge is -2.25. The lowest BCUT2D eigenvalue weighted by molar-refractivity contribution is 0.612. The van der Waals surface area contributed by atoms with Crippen LogP contribution in [-0.2, 0) is 5.41 Å². The third kappa shape index (κ3) is 5.55. The lowest BCUT2D eigenvalue weighted by atomic mass is 9.79. The maximum atomic E-state index is 5.25. The Hall–Kier alpha value is -7.17. The zero-order valence-corrected chi connectivity index (χ0v) is 32.5. The summed E-state index contributed by atoms with van der Waals surface area (Å²) in [5, 5.41) is 2.34. The summed E-state index contributed by atoms with van der Waals surface area (Å²) in [7, 11) is 0. The number of allylic oxidation sites excluding steroid dienone is 4. The highest BCUT2D eigenvalue weighted by Crippen LogP contribution is 2.53. The molecule has 0 radical (unpaired) electrons. The quantitative estimate of drug-likeness (QED) is 0.170. The van der Waals surface area contributed by atoms with Crippen LogP contribution in [0.3, 0.4) is 0 Å². The van der Waals surface area contributed by atoms with Gasteiger partial charge in [0.1, 0.15) is 0 Å². The SMILES string of the molecule is CC1(C)C2=CC=CCC2c2ccc(-c3ccc4c(c3)c3cccc(-c5nc(-c6ccccc6)nc(-c6ccc(-c7ccccc7)cc6)n5)c3n4-c3ccccc3)cc21. The van der Waals surface area contributed by atoms with Gasteiger partial charge in [0.05, 0.1) is 11.0 Å². The third-order valence-corrected chi connectivity index (χ3v) is 12.3. The van der Waals surface area contributed by atoms with Crippen LogP contribution in [0, 0.1) is 0 Å². The highest BCUT2D eigenvalue weighted by Gasteiger charge is 2.41. The summed E-state index contributed by atoms with van der Waals surface area (Å²) < 4.78 is 2.38. The molecule has 1 unspecified atom stereocenters. The smallest absolute Gasteiger partial charge is 0.166 e. The molecule has 0 saturated carbocycles. The highest BCUT2D eigenvalue weighted by atomic mass is 15.0. The van der Waals surface area contributed by atoms with Crippen LogP contribution in [0.15, 0.2) is 194 Å². The molecule has 4 heteroatoms. The van der Waals surface area contributed by atoms with E-state index in [1.807, 2.05) is 24.3 Å². The van der Waals surface area contributed by atoms with Gasteiger partial charge in [0, 0.05) is 44.5 Å². The van der Waals surface area contributed by atoms with E-state index in [1.165, 1.54) is 38.8 Å². The molecule has 9 aromatic rings. The molecular weight excluding hydrogens is 705 g/mol. The number of fused-ring (bicyclic) bond motifs is 6. The fourth-order valence-corrected chi connectivity index (χ4v) is 9.36. The Kier molecular flexibility index (Phi) is 7.94. The van der Waals surface area contributed by atoms with E-state index in [9.17, 15) is 0 Å². The second kappa shape index (κ2) is 13.5. The Bertz CT molecular complexity index is 3080. The molecule has 2 aliphatic carbocycles. The zero-order valence-electron chi connectivity index (χ0n) is 32.5. The van der Waals surface area contributed by atoms with Crippen molar-refractivity contribution >= 4 is 21.8 Å². The lowest BCUT2D eigenvalue weighted by Crippen LogP contribution is -2.17. The predicted octanol–water partition coefficient (Wildman–Crippen LogP) is 13.6. The zero-order chi connectivity index (χ0) is 38.8. The summed E-state index contributed by atoms with van der Waals surface area (Å²) in [6.07, 6.45) is 7.96. The van der Waals surface area contributed by atoms with Crippen LogP contribution in [0.4, 0.5) is 0 Å². The number of para-hydroxylation sites is 2. The predicted molar refractivity (Wildman–Crippen MR) is 239 cm³/mol. The average molecular weight is 745 g/mol. The fraction of sp³-hybridized carbons (Fsp3) is 0.0926. The van der Waals surface area contributed by atoms with Gasteiger partial charge in [-0.15, -0.1) is 0 Å². The van der Waals surface area contributed by atoms with Gasteiger partial charge in [0.25, 0.3) is 0 Å². The molecule has 2 aromatic heterocycles. The summed E-state index contributed by atoms with van der Waals surface area (Å²) in [5.41, 5.74) is 15.3. The van der Waals surface area contributed by atoms with Gasteiger partial charge in [0.2, 0.25) is 0 Å². The number of rotatable bonds is 6. The summed E-state index contributed by atoms with van der Waals surface area (Å²) in [6, 6.07) is 60.4. The number of hydrogen-bond acceptors (Lipinski definition) is 3. The minimum atomic E-state index is -0.00492. The molecule has 0 spiro atoms. The largest absolute Gasteiger partial charge is 0.308 e. The molecule has 2 heterocycles. The molecule has 58 heavy (non-hydrogen) atoms. The van der Waals surface area contributed by atoms with Crippen LogP contribution < -0.4 is 0 Å². The van der Waals surface area contributed by atoms with Gasteiger partial charge in [-0.3, -0.25) is 0 Å². The van der Waals surface area contributed by atoms with Crippen molar-refractivity contribution in [2.45, 2.75) is 31.6 Å². The molecule has 0 bridgehead atoms. The molecule has 0 amide bonds. The van der Waals surface area contributed by atoms with E-state index in [1.54, 1.807) is 0 Å². The molecule has 2 aliphatic rings. The number of benzene rings is 7. The third-order valence-electron chi connectivity index (χ3n) is 12.3. The van der Waals surface area contributed by atoms with Crippen LogP contribution in [0.5, 0.6) is 0 Å². The van der Waals surface area contributed by atoms with E-state index in [4.69, 9.17) is 15.0 Å².